The van der Waals surface area contributed by atoms with Gasteiger partial charge in [-0.3, -0.25) is 4.68 Å². The molecule has 0 bridgehead atoms. The summed E-state index contributed by atoms with van der Waals surface area (Å²) in [6.07, 6.45) is 3.28. The molecule has 0 unspecified atom stereocenters. The van der Waals surface area contributed by atoms with Crippen LogP contribution in [-0.2, 0) is 6.54 Å². The van der Waals surface area contributed by atoms with Crippen molar-refractivity contribution in [2.75, 3.05) is 12.0 Å². The summed E-state index contributed by atoms with van der Waals surface area (Å²) in [6.45, 7) is 0.979. The summed E-state index contributed by atoms with van der Waals surface area (Å²) in [5, 5.41) is 4.26. The number of hydrogen-bond donors (Lipinski definition) is 0. The summed E-state index contributed by atoms with van der Waals surface area (Å²) in [7, 11) is 0. The van der Waals surface area contributed by atoms with Crippen molar-refractivity contribution in [3.05, 3.63) is 15.3 Å². The maximum Gasteiger partial charge on any atom is 0.129 e. The fraction of sp³-hybridized carbons (Fsp3) is 0.571. The molecule has 0 aliphatic rings. The van der Waals surface area contributed by atoms with E-state index >= 15 is 0 Å². The van der Waals surface area contributed by atoms with Crippen LogP contribution in [0, 0.1) is 0 Å². The van der Waals surface area contributed by atoms with Crippen LogP contribution in [-0.4, -0.2) is 21.8 Å². The molecule has 0 aromatic carbocycles. The molecule has 1 aromatic rings. The van der Waals surface area contributed by atoms with Gasteiger partial charge in [-0.15, -0.1) is 0 Å². The molecule has 0 aliphatic carbocycles. The highest BCUT2D eigenvalue weighted by molar-refractivity contribution is 9.11. The van der Waals surface area contributed by atoms with E-state index < -0.39 is 0 Å². The van der Waals surface area contributed by atoms with Gasteiger partial charge in [-0.2, -0.15) is 16.9 Å². The summed E-state index contributed by atoms with van der Waals surface area (Å²) < 4.78 is 3.88. The predicted octanol–water partition coefficient (Wildman–Crippen LogP) is 3.16. The van der Waals surface area contributed by atoms with Crippen molar-refractivity contribution in [3.63, 3.8) is 0 Å². The first-order chi connectivity index (χ1) is 5.74. The van der Waals surface area contributed by atoms with Gasteiger partial charge in [0.25, 0.3) is 0 Å². The van der Waals surface area contributed by atoms with Crippen molar-refractivity contribution >= 4 is 43.6 Å². The molecule has 0 amide bonds. The highest BCUT2D eigenvalue weighted by Crippen LogP contribution is 2.16. The number of thioether (sulfide) groups is 1. The normalized spacial score (nSPS) is 10.6. The molecule has 0 spiro atoms. The maximum absolute atomic E-state index is 4.26. The van der Waals surface area contributed by atoms with Gasteiger partial charge in [0.1, 0.15) is 9.21 Å². The molecule has 2 nitrogen and oxygen atoms in total. The largest absolute Gasteiger partial charge is 0.257 e. The molecule has 1 heterocycles. The molecule has 0 aliphatic heterocycles. The van der Waals surface area contributed by atoms with Crippen molar-refractivity contribution in [2.45, 2.75) is 13.0 Å². The monoisotopic (exact) mass is 312 g/mol. The van der Waals surface area contributed by atoms with E-state index in [2.05, 4.69) is 43.2 Å². The first kappa shape index (κ1) is 10.6. The Morgan fingerprint density at radius 2 is 2.33 bits per heavy atom. The summed E-state index contributed by atoms with van der Waals surface area (Å²) in [4.78, 5) is 0. The van der Waals surface area contributed by atoms with Crippen LogP contribution in [0.15, 0.2) is 15.3 Å². The van der Waals surface area contributed by atoms with E-state index in [0.29, 0.717) is 0 Å². The van der Waals surface area contributed by atoms with Gasteiger partial charge in [0.15, 0.2) is 0 Å². The van der Waals surface area contributed by atoms with Crippen molar-refractivity contribution in [2.24, 2.45) is 0 Å². The average Bonchev–Trinajstić information content (AvgIpc) is 2.31. The fourth-order valence-corrected chi connectivity index (χ4v) is 2.49. The Balaban J connectivity index is 2.45. The van der Waals surface area contributed by atoms with Crippen LogP contribution in [0.3, 0.4) is 0 Å². The molecule has 1 aromatic heterocycles. The van der Waals surface area contributed by atoms with E-state index in [4.69, 9.17) is 0 Å². The van der Waals surface area contributed by atoms with Gasteiger partial charge < -0.3 is 0 Å². The zero-order chi connectivity index (χ0) is 8.97. The van der Waals surface area contributed by atoms with Crippen LogP contribution < -0.4 is 0 Å². The first-order valence-corrected chi connectivity index (χ1v) is 6.60. The lowest BCUT2D eigenvalue weighted by Crippen LogP contribution is -2.01. The van der Waals surface area contributed by atoms with Crippen LogP contribution >= 0.6 is 43.6 Å². The Labute approximate surface area is 93.4 Å². The van der Waals surface area contributed by atoms with Gasteiger partial charge in [0, 0.05) is 12.6 Å². The highest BCUT2D eigenvalue weighted by Gasteiger charge is 2.01. The Hall–Kier alpha value is 0.520. The third-order valence-corrected chi connectivity index (χ3v) is 3.14. The average molecular weight is 314 g/mol. The topological polar surface area (TPSA) is 17.8 Å². The van der Waals surface area contributed by atoms with Gasteiger partial charge in [0.2, 0.25) is 0 Å². The molecular formula is C7H10Br2N2S. The van der Waals surface area contributed by atoms with Crippen molar-refractivity contribution in [3.8, 4) is 0 Å². The first-order valence-electron chi connectivity index (χ1n) is 3.62. The van der Waals surface area contributed by atoms with Crippen LogP contribution in [0.2, 0.25) is 0 Å². The van der Waals surface area contributed by atoms with Crippen LogP contribution in [0.1, 0.15) is 6.42 Å². The standard InChI is InChI=1S/C7H10Br2N2S/c1-12-4-2-3-11-7(9)5-6(8)10-11/h5H,2-4H2,1H3. The number of nitrogens with zero attached hydrogens (tertiary/aromatic N) is 2. The summed E-state index contributed by atoms with van der Waals surface area (Å²) >= 11 is 8.62. The molecule has 5 heteroatoms. The van der Waals surface area contributed by atoms with Gasteiger partial charge >= 0.3 is 0 Å². The molecule has 0 saturated heterocycles. The molecule has 12 heavy (non-hydrogen) atoms. The number of hydrogen-bond acceptors (Lipinski definition) is 2. The van der Waals surface area contributed by atoms with Gasteiger partial charge in [-0.05, 0) is 50.3 Å². The fourth-order valence-electron chi connectivity index (χ4n) is 0.880. The second-order valence-corrected chi connectivity index (χ2v) is 4.97. The van der Waals surface area contributed by atoms with E-state index in [9.17, 15) is 0 Å². The number of aryl methyl sites for hydroxylation is 1. The number of rotatable bonds is 4. The van der Waals surface area contributed by atoms with Crippen LogP contribution in [0.5, 0.6) is 0 Å². The molecule has 0 fully saturated rings. The maximum atomic E-state index is 4.26. The van der Waals surface area contributed by atoms with Crippen LogP contribution in [0.25, 0.3) is 0 Å². The van der Waals surface area contributed by atoms with Crippen LogP contribution in [0.4, 0.5) is 0 Å². The van der Waals surface area contributed by atoms with Gasteiger partial charge in [-0.25, -0.2) is 0 Å². The van der Waals surface area contributed by atoms with E-state index in [1.54, 1.807) is 0 Å². The lowest BCUT2D eigenvalue weighted by Gasteiger charge is -2.00. The zero-order valence-electron chi connectivity index (χ0n) is 6.76. The minimum Gasteiger partial charge on any atom is -0.257 e. The summed E-state index contributed by atoms with van der Waals surface area (Å²) in [6, 6.07) is 1.96. The number of halogens is 2. The molecule has 0 atom stereocenters. The third-order valence-electron chi connectivity index (χ3n) is 1.42. The van der Waals surface area contributed by atoms with E-state index in [-0.39, 0.29) is 0 Å². The zero-order valence-corrected chi connectivity index (χ0v) is 10.7. The lowest BCUT2D eigenvalue weighted by molar-refractivity contribution is 0.591. The lowest BCUT2D eigenvalue weighted by atomic mass is 10.5. The minimum absolute atomic E-state index is 0.888. The SMILES string of the molecule is CSCCCn1nc(Br)cc1Br. The molecule has 0 N–H and O–H groups in total. The van der Waals surface area contributed by atoms with Crippen molar-refractivity contribution < 1.29 is 0 Å². The van der Waals surface area contributed by atoms with E-state index in [1.807, 2.05) is 22.5 Å². The van der Waals surface area contributed by atoms with E-state index in [0.717, 1.165) is 22.2 Å². The molecule has 1 rings (SSSR count). The van der Waals surface area contributed by atoms with Crippen molar-refractivity contribution in [1.29, 1.82) is 0 Å². The highest BCUT2D eigenvalue weighted by atomic mass is 79.9. The van der Waals surface area contributed by atoms with Gasteiger partial charge in [0.05, 0.1) is 0 Å². The minimum atomic E-state index is 0.888. The van der Waals surface area contributed by atoms with Gasteiger partial charge in [-0.1, -0.05) is 0 Å². The summed E-state index contributed by atoms with van der Waals surface area (Å²) in [5.74, 6) is 1.18. The molecular weight excluding hydrogens is 304 g/mol. The quantitative estimate of drug-likeness (QED) is 0.795. The predicted molar refractivity (Wildman–Crippen MR) is 60.6 cm³/mol. The van der Waals surface area contributed by atoms with Crippen molar-refractivity contribution in [1.82, 2.24) is 9.78 Å². The summed E-state index contributed by atoms with van der Waals surface area (Å²) in [5.41, 5.74) is 0. The molecule has 68 valence electrons. The Morgan fingerprint density at radius 1 is 1.58 bits per heavy atom. The second-order valence-electron chi connectivity index (χ2n) is 2.36. The Kier molecular flexibility index (Phi) is 4.68. The molecule has 0 saturated carbocycles. The number of aromatic nitrogens is 2. The molecule has 0 radical (unpaired) electrons. The Bertz CT molecular complexity index is 250. The third kappa shape index (κ3) is 3.11. The van der Waals surface area contributed by atoms with E-state index in [1.165, 1.54) is 5.75 Å². The smallest absolute Gasteiger partial charge is 0.129 e. The second kappa shape index (κ2) is 5.29. The Morgan fingerprint density at radius 3 is 2.83 bits per heavy atom.